The minimum absolute atomic E-state index is 0.0401. The summed E-state index contributed by atoms with van der Waals surface area (Å²) in [6.45, 7) is 0.461. The number of primary sulfonamides is 1. The molecule has 0 bridgehead atoms. The van der Waals surface area contributed by atoms with Crippen LogP contribution in [0.3, 0.4) is 0 Å². The van der Waals surface area contributed by atoms with Crippen LogP contribution >= 0.6 is 11.6 Å². The Kier molecular flexibility index (Phi) is 4.80. The van der Waals surface area contributed by atoms with E-state index >= 15 is 0 Å². The molecule has 0 unspecified atom stereocenters. The first kappa shape index (κ1) is 17.5. The Balaban J connectivity index is 1.63. The van der Waals surface area contributed by atoms with Crippen LogP contribution < -0.4 is 10.5 Å². The van der Waals surface area contributed by atoms with Gasteiger partial charge in [-0.3, -0.25) is 4.79 Å². The second-order valence-corrected chi connectivity index (χ2v) is 7.61. The van der Waals surface area contributed by atoms with E-state index in [-0.39, 0.29) is 17.3 Å². The molecule has 0 aliphatic carbocycles. The van der Waals surface area contributed by atoms with Crippen molar-refractivity contribution in [2.24, 2.45) is 5.14 Å². The van der Waals surface area contributed by atoms with E-state index in [2.05, 4.69) is 5.32 Å². The smallest absolute Gasteiger partial charge is 0.240 e. The van der Waals surface area contributed by atoms with Crippen LogP contribution in [0.25, 0.3) is 10.9 Å². The minimum atomic E-state index is -3.71. The van der Waals surface area contributed by atoms with Crippen LogP contribution in [0.15, 0.2) is 59.6 Å². The molecule has 0 saturated carbocycles. The molecule has 1 amide bonds. The maximum Gasteiger partial charge on any atom is 0.240 e. The van der Waals surface area contributed by atoms with E-state index in [4.69, 9.17) is 16.7 Å². The van der Waals surface area contributed by atoms with Crippen molar-refractivity contribution in [2.75, 3.05) is 0 Å². The van der Waals surface area contributed by atoms with Gasteiger partial charge in [-0.25, -0.2) is 13.6 Å². The number of carbonyl (C=O) groups excluding carboxylic acids is 1. The molecule has 25 heavy (non-hydrogen) atoms. The van der Waals surface area contributed by atoms with Crippen LogP contribution in [-0.2, 0) is 27.9 Å². The zero-order valence-corrected chi connectivity index (χ0v) is 14.7. The van der Waals surface area contributed by atoms with Gasteiger partial charge >= 0.3 is 0 Å². The summed E-state index contributed by atoms with van der Waals surface area (Å²) in [7, 11) is -3.71. The molecule has 0 spiro atoms. The maximum atomic E-state index is 12.2. The average Bonchev–Trinajstić information content (AvgIpc) is 2.95. The number of carbonyl (C=O) groups is 1. The third-order valence-corrected chi connectivity index (χ3v) is 4.96. The van der Waals surface area contributed by atoms with Crippen molar-refractivity contribution in [2.45, 2.75) is 18.0 Å². The molecule has 130 valence electrons. The second kappa shape index (κ2) is 6.87. The number of hydrogen-bond acceptors (Lipinski definition) is 3. The monoisotopic (exact) mass is 377 g/mol. The van der Waals surface area contributed by atoms with Gasteiger partial charge in [0.25, 0.3) is 0 Å². The number of nitrogens with one attached hydrogen (secondary N) is 1. The molecule has 0 fully saturated rings. The van der Waals surface area contributed by atoms with E-state index < -0.39 is 10.0 Å². The van der Waals surface area contributed by atoms with Gasteiger partial charge in [0, 0.05) is 23.3 Å². The van der Waals surface area contributed by atoms with Crippen molar-refractivity contribution >= 4 is 38.4 Å². The van der Waals surface area contributed by atoms with Crippen LogP contribution in [-0.4, -0.2) is 18.9 Å². The molecule has 6 nitrogen and oxygen atoms in total. The first-order chi connectivity index (χ1) is 11.8. The summed E-state index contributed by atoms with van der Waals surface area (Å²) < 4.78 is 24.2. The van der Waals surface area contributed by atoms with Gasteiger partial charge in [-0.2, -0.15) is 0 Å². The van der Waals surface area contributed by atoms with Gasteiger partial charge in [0.1, 0.15) is 6.54 Å². The Morgan fingerprint density at radius 3 is 2.52 bits per heavy atom. The lowest BCUT2D eigenvalue weighted by atomic mass is 10.2. The Morgan fingerprint density at radius 2 is 1.84 bits per heavy atom. The van der Waals surface area contributed by atoms with Gasteiger partial charge < -0.3 is 9.88 Å². The fourth-order valence-corrected chi connectivity index (χ4v) is 3.18. The minimum Gasteiger partial charge on any atom is -0.350 e. The summed E-state index contributed by atoms with van der Waals surface area (Å²) in [4.78, 5) is 12.2. The molecule has 2 aromatic carbocycles. The number of nitrogens with two attached hydrogens (primary N) is 1. The first-order valence-corrected chi connectivity index (χ1v) is 9.38. The molecule has 0 saturated heterocycles. The molecule has 3 rings (SSSR count). The molecule has 1 heterocycles. The van der Waals surface area contributed by atoms with Gasteiger partial charge in [0.15, 0.2) is 0 Å². The molecule has 0 atom stereocenters. The van der Waals surface area contributed by atoms with Gasteiger partial charge in [-0.15, -0.1) is 0 Å². The van der Waals surface area contributed by atoms with Crippen LogP contribution in [0, 0.1) is 0 Å². The van der Waals surface area contributed by atoms with Crippen molar-refractivity contribution in [1.29, 1.82) is 0 Å². The number of amides is 1. The van der Waals surface area contributed by atoms with E-state index in [1.807, 2.05) is 29.0 Å². The summed E-state index contributed by atoms with van der Waals surface area (Å²) in [5.74, 6) is -0.159. The van der Waals surface area contributed by atoms with E-state index in [0.717, 1.165) is 16.5 Å². The SMILES string of the molecule is NS(=O)(=O)c1ccc(CNC(=O)Cn2ccc3ccc(Cl)cc32)cc1. The van der Waals surface area contributed by atoms with Crippen LogP contribution in [0.1, 0.15) is 5.56 Å². The fourth-order valence-electron chi connectivity index (χ4n) is 2.50. The van der Waals surface area contributed by atoms with E-state index in [1.165, 1.54) is 12.1 Å². The van der Waals surface area contributed by atoms with E-state index in [1.54, 1.807) is 18.2 Å². The third-order valence-electron chi connectivity index (χ3n) is 3.79. The standard InChI is InChI=1S/C17H16ClN3O3S/c18-14-4-3-13-7-8-21(16(13)9-14)11-17(22)20-10-12-1-5-15(6-2-12)25(19,23)24/h1-9H,10-11H2,(H,20,22)(H2,19,23,24). The highest BCUT2D eigenvalue weighted by Gasteiger charge is 2.09. The van der Waals surface area contributed by atoms with Crippen LogP contribution in [0.2, 0.25) is 5.02 Å². The number of benzene rings is 2. The number of rotatable bonds is 5. The largest absolute Gasteiger partial charge is 0.350 e. The van der Waals surface area contributed by atoms with Crippen molar-refractivity contribution < 1.29 is 13.2 Å². The molecular formula is C17H16ClN3O3S. The molecule has 0 radical (unpaired) electrons. The maximum absolute atomic E-state index is 12.2. The number of nitrogens with zero attached hydrogens (tertiary/aromatic N) is 1. The molecule has 8 heteroatoms. The van der Waals surface area contributed by atoms with Gasteiger partial charge in [-0.1, -0.05) is 29.8 Å². The normalized spacial score (nSPS) is 11.6. The van der Waals surface area contributed by atoms with Crippen LogP contribution in [0.4, 0.5) is 0 Å². The molecular weight excluding hydrogens is 362 g/mol. The summed E-state index contributed by atoms with van der Waals surface area (Å²) in [5.41, 5.74) is 1.67. The Morgan fingerprint density at radius 1 is 1.12 bits per heavy atom. The van der Waals surface area contributed by atoms with Crippen molar-refractivity contribution in [1.82, 2.24) is 9.88 Å². The van der Waals surface area contributed by atoms with Gasteiger partial charge in [0.2, 0.25) is 15.9 Å². The number of sulfonamides is 1. The average molecular weight is 378 g/mol. The lowest BCUT2D eigenvalue weighted by Gasteiger charge is -2.08. The zero-order valence-electron chi connectivity index (χ0n) is 13.1. The van der Waals surface area contributed by atoms with Crippen molar-refractivity contribution in [3.63, 3.8) is 0 Å². The molecule has 3 aromatic rings. The van der Waals surface area contributed by atoms with Gasteiger partial charge in [-0.05, 0) is 41.3 Å². The molecule has 0 aliphatic heterocycles. The number of fused-ring (bicyclic) bond motifs is 1. The Labute approximate surface area is 150 Å². The highest BCUT2D eigenvalue weighted by atomic mass is 35.5. The zero-order chi connectivity index (χ0) is 18.0. The quantitative estimate of drug-likeness (QED) is 0.714. The van der Waals surface area contributed by atoms with Gasteiger partial charge in [0.05, 0.1) is 4.90 Å². The fraction of sp³-hybridized carbons (Fsp3) is 0.118. The number of hydrogen-bond donors (Lipinski definition) is 2. The summed E-state index contributed by atoms with van der Waals surface area (Å²) in [6, 6.07) is 13.5. The number of halogens is 1. The lowest BCUT2D eigenvalue weighted by Crippen LogP contribution is -2.26. The summed E-state index contributed by atoms with van der Waals surface area (Å²) in [5, 5.41) is 9.48. The van der Waals surface area contributed by atoms with Crippen molar-refractivity contribution in [3.05, 3.63) is 65.3 Å². The van der Waals surface area contributed by atoms with Crippen molar-refractivity contribution in [3.8, 4) is 0 Å². The lowest BCUT2D eigenvalue weighted by molar-refractivity contribution is -0.121. The second-order valence-electron chi connectivity index (χ2n) is 5.61. The third kappa shape index (κ3) is 4.19. The molecule has 0 aliphatic rings. The predicted octanol–water partition coefficient (Wildman–Crippen LogP) is 2.26. The number of aromatic nitrogens is 1. The highest BCUT2D eigenvalue weighted by Crippen LogP contribution is 2.20. The molecule has 1 aromatic heterocycles. The first-order valence-electron chi connectivity index (χ1n) is 7.46. The molecule has 3 N–H and O–H groups in total. The topological polar surface area (TPSA) is 94.2 Å². The summed E-state index contributed by atoms with van der Waals surface area (Å²) in [6.07, 6.45) is 1.83. The van der Waals surface area contributed by atoms with Crippen LogP contribution in [0.5, 0.6) is 0 Å². The Hall–Kier alpha value is -2.35. The van der Waals surface area contributed by atoms with E-state index in [9.17, 15) is 13.2 Å². The highest BCUT2D eigenvalue weighted by molar-refractivity contribution is 7.89. The predicted molar refractivity (Wildman–Crippen MR) is 96.6 cm³/mol. The summed E-state index contributed by atoms with van der Waals surface area (Å²) >= 11 is 6.00. The van der Waals surface area contributed by atoms with E-state index in [0.29, 0.717) is 11.6 Å². The Bertz CT molecular complexity index is 1030.